The number of hydrogen-bond donors (Lipinski definition) is 0. The molecule has 0 amide bonds. The molecule has 0 bridgehead atoms. The van der Waals surface area contributed by atoms with E-state index in [1.165, 1.54) is 68.5 Å². The fourth-order valence-electron chi connectivity index (χ4n) is 11.5. The SMILES string of the molecule is CC(C)c1ccc(N(c2cc(Cl)cc(N(c3ccc4c(c3)C(C)(C)CCCC4(C)C)c3ccc(C(C)(C)C)cc3-c3ccccc3)c2)c2ccc3c(c2)C(C)(C)CCC3(C)C)c(-c2ccccc2)c1. The molecule has 356 valence electrons. The number of hydrogen-bond acceptors (Lipinski definition) is 2. The highest BCUT2D eigenvalue weighted by Crippen LogP contribution is 2.53. The van der Waals surface area contributed by atoms with Gasteiger partial charge in [-0.15, -0.1) is 0 Å². The Balaban J connectivity index is 1.36. The van der Waals surface area contributed by atoms with E-state index in [9.17, 15) is 0 Å². The van der Waals surface area contributed by atoms with Crippen LogP contribution in [0.25, 0.3) is 22.3 Å². The number of halogens is 1. The van der Waals surface area contributed by atoms with Crippen LogP contribution in [0.15, 0.2) is 152 Å². The summed E-state index contributed by atoms with van der Waals surface area (Å²) in [7, 11) is 0. The molecule has 0 radical (unpaired) electrons. The van der Waals surface area contributed by atoms with Crippen LogP contribution >= 0.6 is 11.6 Å². The molecule has 9 rings (SSSR count). The Morgan fingerprint density at radius 3 is 1.35 bits per heavy atom. The highest BCUT2D eigenvalue weighted by molar-refractivity contribution is 6.31. The second-order valence-corrected chi connectivity index (χ2v) is 24.8. The Bertz CT molecular complexity index is 3000. The van der Waals surface area contributed by atoms with E-state index in [0.717, 1.165) is 53.4 Å². The fraction of sp³-hybridized carbons (Fsp3) is 0.364. The molecule has 0 N–H and O–H groups in total. The van der Waals surface area contributed by atoms with Gasteiger partial charge < -0.3 is 9.80 Å². The zero-order valence-electron chi connectivity index (χ0n) is 43.8. The van der Waals surface area contributed by atoms with Crippen LogP contribution in [0.3, 0.4) is 0 Å². The largest absolute Gasteiger partial charge is 0.310 e. The molecule has 0 fully saturated rings. The van der Waals surface area contributed by atoms with Crippen molar-refractivity contribution in [3.05, 3.63) is 190 Å². The van der Waals surface area contributed by atoms with E-state index in [-0.39, 0.29) is 27.1 Å². The molecule has 0 heterocycles. The third-order valence-electron chi connectivity index (χ3n) is 16.0. The van der Waals surface area contributed by atoms with Crippen molar-refractivity contribution in [2.24, 2.45) is 0 Å². The lowest BCUT2D eigenvalue weighted by Gasteiger charge is -2.42. The Morgan fingerprint density at radius 1 is 0.435 bits per heavy atom. The van der Waals surface area contributed by atoms with E-state index in [2.05, 4.69) is 251 Å². The predicted molar refractivity (Wildman–Crippen MR) is 300 cm³/mol. The van der Waals surface area contributed by atoms with Crippen molar-refractivity contribution in [1.29, 1.82) is 0 Å². The van der Waals surface area contributed by atoms with Crippen molar-refractivity contribution >= 4 is 45.7 Å². The van der Waals surface area contributed by atoms with E-state index >= 15 is 0 Å². The van der Waals surface area contributed by atoms with Crippen molar-refractivity contribution in [3.8, 4) is 22.3 Å². The van der Waals surface area contributed by atoms with Crippen LogP contribution in [0.2, 0.25) is 5.02 Å². The quantitative estimate of drug-likeness (QED) is 0.133. The van der Waals surface area contributed by atoms with Gasteiger partial charge in [-0.25, -0.2) is 0 Å². The van der Waals surface area contributed by atoms with Crippen LogP contribution in [0.5, 0.6) is 0 Å². The van der Waals surface area contributed by atoms with Gasteiger partial charge in [-0.1, -0.05) is 193 Å². The van der Waals surface area contributed by atoms with Gasteiger partial charge >= 0.3 is 0 Å². The van der Waals surface area contributed by atoms with Gasteiger partial charge in [-0.3, -0.25) is 0 Å². The summed E-state index contributed by atoms with van der Waals surface area (Å²) in [5.74, 6) is 0.369. The van der Waals surface area contributed by atoms with Gasteiger partial charge in [0.05, 0.1) is 11.4 Å². The first kappa shape index (κ1) is 48.5. The van der Waals surface area contributed by atoms with Gasteiger partial charge in [0, 0.05) is 38.9 Å². The molecule has 0 spiro atoms. The maximum atomic E-state index is 7.62. The second kappa shape index (κ2) is 18.0. The highest BCUT2D eigenvalue weighted by atomic mass is 35.5. The number of benzene rings is 7. The lowest BCUT2D eigenvalue weighted by Crippen LogP contribution is -2.34. The summed E-state index contributed by atoms with van der Waals surface area (Å²) in [4.78, 5) is 4.98. The van der Waals surface area contributed by atoms with E-state index < -0.39 is 0 Å². The van der Waals surface area contributed by atoms with Crippen molar-refractivity contribution in [2.75, 3.05) is 9.80 Å². The number of rotatable bonds is 9. The summed E-state index contributed by atoms with van der Waals surface area (Å²) < 4.78 is 0. The molecule has 69 heavy (non-hydrogen) atoms. The van der Waals surface area contributed by atoms with Crippen LogP contribution in [-0.2, 0) is 27.1 Å². The van der Waals surface area contributed by atoms with Crippen LogP contribution in [0, 0.1) is 0 Å². The minimum atomic E-state index is -0.0451. The lowest BCUT2D eigenvalue weighted by atomic mass is 9.63. The molecule has 3 heteroatoms. The van der Waals surface area contributed by atoms with Crippen molar-refractivity contribution in [3.63, 3.8) is 0 Å². The topological polar surface area (TPSA) is 6.48 Å². The minimum absolute atomic E-state index is 0.00417. The molecule has 2 nitrogen and oxygen atoms in total. The predicted octanol–water partition coefficient (Wildman–Crippen LogP) is 20.1. The average Bonchev–Trinajstić information content (AvgIpc) is 3.39. The molecule has 2 aliphatic carbocycles. The monoisotopic (exact) mass is 931 g/mol. The van der Waals surface area contributed by atoms with Gasteiger partial charge in [0.15, 0.2) is 0 Å². The smallest absolute Gasteiger partial charge is 0.0540 e. The van der Waals surface area contributed by atoms with Gasteiger partial charge in [-0.2, -0.15) is 0 Å². The zero-order valence-corrected chi connectivity index (χ0v) is 44.6. The van der Waals surface area contributed by atoms with Crippen LogP contribution in [0.1, 0.15) is 161 Å². The van der Waals surface area contributed by atoms with Gasteiger partial charge in [0.1, 0.15) is 0 Å². The van der Waals surface area contributed by atoms with Crippen molar-refractivity contribution in [2.45, 2.75) is 155 Å². The summed E-state index contributed by atoms with van der Waals surface area (Å²) in [6.07, 6.45) is 5.82. The zero-order chi connectivity index (χ0) is 49.3. The lowest BCUT2D eigenvalue weighted by molar-refractivity contribution is 0.332. The first-order chi connectivity index (χ1) is 32.5. The Morgan fingerprint density at radius 2 is 0.870 bits per heavy atom. The summed E-state index contributed by atoms with van der Waals surface area (Å²) in [6.45, 7) is 30.9. The van der Waals surface area contributed by atoms with Crippen molar-refractivity contribution in [1.82, 2.24) is 0 Å². The Hall–Kier alpha value is -5.57. The first-order valence-electron chi connectivity index (χ1n) is 25.6. The molecular weight excluding hydrogens is 856 g/mol. The summed E-state index contributed by atoms with van der Waals surface area (Å²) in [6, 6.07) is 57.4. The molecule has 0 unspecified atom stereocenters. The van der Waals surface area contributed by atoms with Crippen LogP contribution < -0.4 is 9.80 Å². The van der Waals surface area contributed by atoms with Gasteiger partial charge in [0.25, 0.3) is 0 Å². The first-order valence-corrected chi connectivity index (χ1v) is 26.0. The Labute approximate surface area is 420 Å². The molecule has 2 aliphatic rings. The number of fused-ring (bicyclic) bond motifs is 2. The molecule has 0 atom stereocenters. The molecule has 0 saturated carbocycles. The van der Waals surface area contributed by atoms with E-state index in [1.807, 2.05) is 0 Å². The summed E-state index contributed by atoms with van der Waals surface area (Å²) in [5, 5.41) is 0.681. The van der Waals surface area contributed by atoms with E-state index in [1.54, 1.807) is 0 Å². The summed E-state index contributed by atoms with van der Waals surface area (Å²) >= 11 is 7.62. The molecular formula is C66H75ClN2. The molecule has 7 aromatic rings. The molecule has 0 aromatic heterocycles. The minimum Gasteiger partial charge on any atom is -0.310 e. The maximum Gasteiger partial charge on any atom is 0.0540 e. The number of nitrogens with zero attached hydrogens (tertiary/aromatic N) is 2. The standard InChI is InChI=1S/C66H75ClN2/c1-44(2)47-25-31-60(54(37-47)45-21-16-14-17-22-45)68(51-28-30-57-59(43-51)66(12,13)36-35-65(57,10)11)52-39-49(67)40-53(41-52)69(50-27-29-56-58(42-50)64(8,9)34-20-33-63(56,6)7)61-32-26-48(62(3,4)5)38-55(61)46-23-18-15-19-24-46/h14-19,21-32,37-44H,20,33-36H2,1-13H3. The van der Waals surface area contributed by atoms with Gasteiger partial charge in [-0.05, 0) is 170 Å². The fourth-order valence-corrected chi connectivity index (χ4v) is 11.7. The van der Waals surface area contributed by atoms with Crippen LogP contribution in [0.4, 0.5) is 34.1 Å². The third kappa shape index (κ3) is 9.44. The molecule has 7 aromatic carbocycles. The molecule has 0 saturated heterocycles. The van der Waals surface area contributed by atoms with Crippen LogP contribution in [-0.4, -0.2) is 0 Å². The average molecular weight is 932 g/mol. The normalized spacial score (nSPS) is 16.9. The van der Waals surface area contributed by atoms with E-state index in [4.69, 9.17) is 11.6 Å². The second-order valence-electron chi connectivity index (χ2n) is 24.3. The Kier molecular flexibility index (Phi) is 12.6. The molecule has 0 aliphatic heterocycles. The third-order valence-corrected chi connectivity index (χ3v) is 16.2. The number of anilines is 6. The highest BCUT2D eigenvalue weighted by Gasteiger charge is 2.39. The summed E-state index contributed by atoms with van der Waals surface area (Å²) in [5.41, 5.74) is 19.7. The van der Waals surface area contributed by atoms with Crippen molar-refractivity contribution < 1.29 is 0 Å². The maximum absolute atomic E-state index is 7.62. The van der Waals surface area contributed by atoms with Gasteiger partial charge in [0.2, 0.25) is 0 Å². The van der Waals surface area contributed by atoms with E-state index in [0.29, 0.717) is 10.9 Å².